The fourth-order valence-electron chi connectivity index (χ4n) is 3.03. The molecule has 2 aromatic rings. The molecule has 6 heteroatoms. The van der Waals surface area contributed by atoms with Crippen LogP contribution in [0.1, 0.15) is 29.3 Å². The molecule has 1 fully saturated rings. The Bertz CT molecular complexity index is 617. The first-order chi connectivity index (χ1) is 11.2. The van der Waals surface area contributed by atoms with E-state index in [0.717, 1.165) is 43.0 Å². The molecule has 0 saturated carbocycles. The Hall–Kier alpha value is -1.79. The van der Waals surface area contributed by atoms with Crippen molar-refractivity contribution in [2.24, 2.45) is 0 Å². The largest absolute Gasteiger partial charge is 0.341 e. The highest BCUT2D eigenvalue weighted by atomic mass is 32.1. The summed E-state index contributed by atoms with van der Waals surface area (Å²) in [5.41, 5.74) is 1.13. The van der Waals surface area contributed by atoms with Crippen LogP contribution in [-0.4, -0.2) is 52.4 Å². The van der Waals surface area contributed by atoms with E-state index in [1.165, 1.54) is 0 Å². The van der Waals surface area contributed by atoms with Gasteiger partial charge in [0.15, 0.2) is 0 Å². The van der Waals surface area contributed by atoms with Crippen LogP contribution in [0.2, 0.25) is 0 Å². The van der Waals surface area contributed by atoms with Crippen LogP contribution < -0.4 is 0 Å². The van der Waals surface area contributed by atoms with Gasteiger partial charge in [-0.25, -0.2) is 4.98 Å². The SMILES string of the molecule is CN(CC(=O)N1CCCC(c2nccs2)C1)Cc1cccnc1. The first kappa shape index (κ1) is 16.1. The van der Waals surface area contributed by atoms with E-state index >= 15 is 0 Å². The van der Waals surface area contributed by atoms with Gasteiger partial charge in [0.05, 0.1) is 11.6 Å². The topological polar surface area (TPSA) is 49.3 Å². The number of pyridine rings is 1. The lowest BCUT2D eigenvalue weighted by molar-refractivity contribution is -0.133. The summed E-state index contributed by atoms with van der Waals surface area (Å²) in [4.78, 5) is 25.1. The van der Waals surface area contributed by atoms with Gasteiger partial charge in [-0.05, 0) is 31.5 Å². The summed E-state index contributed by atoms with van der Waals surface area (Å²) < 4.78 is 0. The van der Waals surface area contributed by atoms with E-state index in [4.69, 9.17) is 0 Å². The molecule has 2 aromatic heterocycles. The lowest BCUT2D eigenvalue weighted by Gasteiger charge is -2.33. The van der Waals surface area contributed by atoms with Crippen LogP contribution in [-0.2, 0) is 11.3 Å². The third-order valence-electron chi connectivity index (χ3n) is 4.16. The fraction of sp³-hybridized carbons (Fsp3) is 0.471. The number of hydrogen-bond acceptors (Lipinski definition) is 5. The second kappa shape index (κ2) is 7.66. The number of likely N-dealkylation sites (N-methyl/N-ethyl adjacent to an activating group) is 1. The fourth-order valence-corrected chi connectivity index (χ4v) is 3.80. The van der Waals surface area contributed by atoms with Crippen LogP contribution >= 0.6 is 11.3 Å². The van der Waals surface area contributed by atoms with E-state index in [-0.39, 0.29) is 5.91 Å². The molecule has 1 unspecified atom stereocenters. The number of rotatable bonds is 5. The molecular weight excluding hydrogens is 308 g/mol. The number of nitrogens with zero attached hydrogens (tertiary/aromatic N) is 4. The van der Waals surface area contributed by atoms with E-state index in [2.05, 4.69) is 9.97 Å². The van der Waals surface area contributed by atoms with E-state index in [1.54, 1.807) is 17.5 Å². The number of aromatic nitrogens is 2. The molecule has 0 aromatic carbocycles. The minimum absolute atomic E-state index is 0.206. The van der Waals surface area contributed by atoms with Crippen LogP contribution in [0.15, 0.2) is 36.1 Å². The minimum atomic E-state index is 0.206. The molecule has 0 bridgehead atoms. The van der Waals surface area contributed by atoms with E-state index in [0.29, 0.717) is 12.5 Å². The predicted molar refractivity (Wildman–Crippen MR) is 91.2 cm³/mol. The monoisotopic (exact) mass is 330 g/mol. The zero-order valence-electron chi connectivity index (χ0n) is 13.4. The zero-order chi connectivity index (χ0) is 16.1. The van der Waals surface area contributed by atoms with Gasteiger partial charge in [0.1, 0.15) is 0 Å². The molecular formula is C17H22N4OS. The van der Waals surface area contributed by atoms with Crippen LogP contribution in [0.4, 0.5) is 0 Å². The molecule has 1 atom stereocenters. The number of hydrogen-bond donors (Lipinski definition) is 0. The molecule has 0 radical (unpaired) electrons. The Morgan fingerprint density at radius 1 is 1.48 bits per heavy atom. The first-order valence-electron chi connectivity index (χ1n) is 7.97. The van der Waals surface area contributed by atoms with Gasteiger partial charge < -0.3 is 4.90 Å². The third kappa shape index (κ3) is 4.36. The summed E-state index contributed by atoms with van der Waals surface area (Å²) in [6.45, 7) is 2.84. The van der Waals surface area contributed by atoms with Gasteiger partial charge in [0.25, 0.3) is 0 Å². The van der Waals surface area contributed by atoms with Crippen molar-refractivity contribution in [1.29, 1.82) is 0 Å². The average molecular weight is 330 g/mol. The summed E-state index contributed by atoms with van der Waals surface area (Å²) in [5, 5.41) is 3.17. The molecule has 122 valence electrons. The second-order valence-corrected chi connectivity index (χ2v) is 7.01. The van der Waals surface area contributed by atoms with Gasteiger partial charge in [-0.1, -0.05) is 6.07 Å². The maximum atomic E-state index is 12.6. The smallest absolute Gasteiger partial charge is 0.236 e. The molecule has 0 N–H and O–H groups in total. The van der Waals surface area contributed by atoms with Crippen molar-refractivity contribution >= 4 is 17.2 Å². The summed E-state index contributed by atoms with van der Waals surface area (Å²) in [5.74, 6) is 0.606. The Kier molecular flexibility index (Phi) is 5.35. The highest BCUT2D eigenvalue weighted by Crippen LogP contribution is 2.28. The Morgan fingerprint density at radius 3 is 3.13 bits per heavy atom. The zero-order valence-corrected chi connectivity index (χ0v) is 14.2. The summed E-state index contributed by atoms with van der Waals surface area (Å²) in [6, 6.07) is 3.96. The predicted octanol–water partition coefficient (Wildman–Crippen LogP) is 2.38. The van der Waals surface area contributed by atoms with Gasteiger partial charge >= 0.3 is 0 Å². The molecule has 1 aliphatic rings. The molecule has 3 heterocycles. The van der Waals surface area contributed by atoms with Crippen LogP contribution in [0.3, 0.4) is 0 Å². The number of thiazole rings is 1. The quantitative estimate of drug-likeness (QED) is 0.844. The second-order valence-electron chi connectivity index (χ2n) is 6.08. The molecule has 5 nitrogen and oxygen atoms in total. The van der Waals surface area contributed by atoms with Crippen molar-refractivity contribution < 1.29 is 4.79 Å². The number of likely N-dealkylation sites (tertiary alicyclic amines) is 1. The maximum absolute atomic E-state index is 12.6. The highest BCUT2D eigenvalue weighted by molar-refractivity contribution is 7.09. The normalized spacial score (nSPS) is 18.3. The maximum Gasteiger partial charge on any atom is 0.236 e. The Balaban J connectivity index is 1.53. The van der Waals surface area contributed by atoms with Crippen molar-refractivity contribution in [2.75, 3.05) is 26.7 Å². The van der Waals surface area contributed by atoms with Crippen LogP contribution in [0.25, 0.3) is 0 Å². The summed E-state index contributed by atoms with van der Waals surface area (Å²) >= 11 is 1.69. The number of piperidine rings is 1. The molecule has 23 heavy (non-hydrogen) atoms. The van der Waals surface area contributed by atoms with Gasteiger partial charge in [-0.15, -0.1) is 11.3 Å². The first-order valence-corrected chi connectivity index (χ1v) is 8.85. The lowest BCUT2D eigenvalue weighted by Crippen LogP contribution is -2.43. The van der Waals surface area contributed by atoms with Crippen molar-refractivity contribution in [3.8, 4) is 0 Å². The summed E-state index contributed by atoms with van der Waals surface area (Å²) in [7, 11) is 1.98. The summed E-state index contributed by atoms with van der Waals surface area (Å²) in [6.07, 6.45) is 7.65. The molecule has 1 amide bonds. The molecule has 1 aliphatic heterocycles. The van der Waals surface area contributed by atoms with Crippen molar-refractivity contribution in [1.82, 2.24) is 19.8 Å². The number of amides is 1. The highest BCUT2D eigenvalue weighted by Gasteiger charge is 2.26. The van der Waals surface area contributed by atoms with E-state index in [9.17, 15) is 4.79 Å². The van der Waals surface area contributed by atoms with Gasteiger partial charge in [0.2, 0.25) is 5.91 Å². The molecule has 3 rings (SSSR count). The Morgan fingerprint density at radius 2 is 2.39 bits per heavy atom. The van der Waals surface area contributed by atoms with Gasteiger partial charge in [-0.2, -0.15) is 0 Å². The standard InChI is InChI=1S/C17H22N4OS/c1-20(11-14-4-2-6-18-10-14)13-16(22)21-8-3-5-15(12-21)17-19-7-9-23-17/h2,4,6-7,9-10,15H,3,5,8,11-13H2,1H3. The Labute approximate surface area is 141 Å². The van der Waals surface area contributed by atoms with E-state index < -0.39 is 0 Å². The molecule has 0 aliphatic carbocycles. The van der Waals surface area contributed by atoms with Crippen LogP contribution in [0.5, 0.6) is 0 Å². The van der Waals surface area contributed by atoms with Crippen molar-refractivity contribution in [3.05, 3.63) is 46.7 Å². The minimum Gasteiger partial charge on any atom is -0.341 e. The molecule has 1 saturated heterocycles. The van der Waals surface area contributed by atoms with Crippen LogP contribution in [0, 0.1) is 0 Å². The van der Waals surface area contributed by atoms with Crippen molar-refractivity contribution in [3.63, 3.8) is 0 Å². The average Bonchev–Trinajstić information content (AvgIpc) is 3.10. The lowest BCUT2D eigenvalue weighted by atomic mass is 9.98. The van der Waals surface area contributed by atoms with Gasteiger partial charge in [0, 0.05) is 49.5 Å². The third-order valence-corrected chi connectivity index (χ3v) is 5.09. The van der Waals surface area contributed by atoms with Crippen molar-refractivity contribution in [2.45, 2.75) is 25.3 Å². The van der Waals surface area contributed by atoms with E-state index in [1.807, 2.05) is 46.8 Å². The molecule has 0 spiro atoms. The number of carbonyl (C=O) groups excluding carboxylic acids is 1. The van der Waals surface area contributed by atoms with Gasteiger partial charge in [-0.3, -0.25) is 14.7 Å². The number of carbonyl (C=O) groups is 1.